The van der Waals surface area contributed by atoms with Crippen molar-refractivity contribution in [3.8, 4) is 0 Å². The minimum Gasteiger partial charge on any atom is -0.384 e. The first kappa shape index (κ1) is 13.7. The van der Waals surface area contributed by atoms with E-state index in [1.165, 1.54) is 6.33 Å². The van der Waals surface area contributed by atoms with Crippen molar-refractivity contribution in [1.82, 2.24) is 9.97 Å². The topological polar surface area (TPSA) is 67.3 Å². The fourth-order valence-electron chi connectivity index (χ4n) is 2.17. The van der Waals surface area contributed by atoms with E-state index in [1.807, 2.05) is 6.92 Å². The normalized spacial score (nSPS) is 16.4. The van der Waals surface area contributed by atoms with Gasteiger partial charge in [0.05, 0.1) is 18.7 Å². The molecule has 6 nitrogen and oxygen atoms in total. The number of nitrogens with zero attached hydrogens (tertiary/aromatic N) is 3. The van der Waals surface area contributed by atoms with Gasteiger partial charge in [0.25, 0.3) is 0 Å². The van der Waals surface area contributed by atoms with Gasteiger partial charge < -0.3 is 15.0 Å². The van der Waals surface area contributed by atoms with Gasteiger partial charge in [0.1, 0.15) is 12.0 Å². The third kappa shape index (κ3) is 3.41. The number of hydrogen-bond donors (Lipinski definition) is 1. The van der Waals surface area contributed by atoms with Gasteiger partial charge in [0, 0.05) is 20.2 Å². The maximum atomic E-state index is 12.0. The van der Waals surface area contributed by atoms with Gasteiger partial charge >= 0.3 is 0 Å². The second kappa shape index (κ2) is 6.47. The van der Waals surface area contributed by atoms with Crippen LogP contribution in [0.1, 0.15) is 19.8 Å². The highest BCUT2D eigenvalue weighted by atomic mass is 16.5. The molecule has 0 bridgehead atoms. The summed E-state index contributed by atoms with van der Waals surface area (Å²) in [5.74, 6) is 0.541. The molecule has 19 heavy (non-hydrogen) atoms. The van der Waals surface area contributed by atoms with E-state index in [1.54, 1.807) is 13.3 Å². The molecule has 0 unspecified atom stereocenters. The van der Waals surface area contributed by atoms with E-state index in [-0.39, 0.29) is 11.8 Å². The molecular formula is C13H20N4O2. The Labute approximate surface area is 113 Å². The molecule has 2 rings (SSSR count). The van der Waals surface area contributed by atoms with Crippen molar-refractivity contribution in [3.05, 3.63) is 12.5 Å². The van der Waals surface area contributed by atoms with Crippen LogP contribution in [0.25, 0.3) is 0 Å². The number of ether oxygens (including phenoxy) is 1. The van der Waals surface area contributed by atoms with Gasteiger partial charge in [-0.15, -0.1) is 0 Å². The molecule has 6 heteroatoms. The van der Waals surface area contributed by atoms with Crippen molar-refractivity contribution in [2.45, 2.75) is 19.8 Å². The summed E-state index contributed by atoms with van der Waals surface area (Å²) >= 11 is 0. The van der Waals surface area contributed by atoms with Crippen molar-refractivity contribution >= 4 is 17.4 Å². The molecule has 1 aliphatic rings. The largest absolute Gasteiger partial charge is 0.384 e. The predicted octanol–water partition coefficient (Wildman–Crippen LogP) is 1.30. The number of carbonyl (C=O) groups excluding carboxylic acids is 1. The van der Waals surface area contributed by atoms with Crippen molar-refractivity contribution in [1.29, 1.82) is 0 Å². The van der Waals surface area contributed by atoms with Gasteiger partial charge in [-0.25, -0.2) is 9.97 Å². The molecule has 1 aromatic heterocycles. The highest BCUT2D eigenvalue weighted by Gasteiger charge is 2.20. The van der Waals surface area contributed by atoms with Gasteiger partial charge in [-0.2, -0.15) is 0 Å². The van der Waals surface area contributed by atoms with E-state index >= 15 is 0 Å². The lowest BCUT2D eigenvalue weighted by atomic mass is 10.2. The Morgan fingerprint density at radius 2 is 2.26 bits per heavy atom. The molecule has 0 spiro atoms. The monoisotopic (exact) mass is 264 g/mol. The SMILES string of the molecule is COC[C@H](C)C(=O)Nc1cncnc1N1CCCC1. The first-order valence-corrected chi connectivity index (χ1v) is 6.57. The zero-order valence-electron chi connectivity index (χ0n) is 11.4. The summed E-state index contributed by atoms with van der Waals surface area (Å²) in [5, 5.41) is 2.89. The number of methoxy groups -OCH3 is 1. The van der Waals surface area contributed by atoms with Crippen LogP contribution in [0.4, 0.5) is 11.5 Å². The lowest BCUT2D eigenvalue weighted by Crippen LogP contribution is -2.26. The van der Waals surface area contributed by atoms with Crippen LogP contribution < -0.4 is 10.2 Å². The van der Waals surface area contributed by atoms with Crippen LogP contribution in [0.5, 0.6) is 0 Å². The highest BCUT2D eigenvalue weighted by molar-refractivity contribution is 5.94. The summed E-state index contributed by atoms with van der Waals surface area (Å²) in [7, 11) is 1.59. The van der Waals surface area contributed by atoms with Crippen LogP contribution in [-0.4, -0.2) is 42.7 Å². The predicted molar refractivity (Wildman–Crippen MR) is 73.1 cm³/mol. The zero-order valence-corrected chi connectivity index (χ0v) is 11.4. The summed E-state index contributed by atoms with van der Waals surface area (Å²) in [4.78, 5) is 22.5. The standard InChI is InChI=1S/C13H20N4O2/c1-10(8-19-2)13(18)16-11-7-14-9-15-12(11)17-5-3-4-6-17/h7,9-10H,3-6,8H2,1-2H3,(H,16,18)/t10-/m0/s1. The van der Waals surface area contributed by atoms with E-state index in [9.17, 15) is 4.79 Å². The Morgan fingerprint density at radius 3 is 2.95 bits per heavy atom. The van der Waals surface area contributed by atoms with E-state index in [0.29, 0.717) is 12.3 Å². The van der Waals surface area contributed by atoms with Gasteiger partial charge in [-0.05, 0) is 12.8 Å². The Morgan fingerprint density at radius 1 is 1.53 bits per heavy atom. The summed E-state index contributed by atoms with van der Waals surface area (Å²) in [6.07, 6.45) is 5.49. The number of anilines is 2. The van der Waals surface area contributed by atoms with E-state index < -0.39 is 0 Å². The number of rotatable bonds is 5. The molecule has 0 aromatic carbocycles. The van der Waals surface area contributed by atoms with E-state index in [0.717, 1.165) is 31.7 Å². The smallest absolute Gasteiger partial charge is 0.229 e. The number of hydrogen-bond acceptors (Lipinski definition) is 5. The summed E-state index contributed by atoms with van der Waals surface area (Å²) in [6, 6.07) is 0. The second-order valence-electron chi connectivity index (χ2n) is 4.80. The number of nitrogens with one attached hydrogen (secondary N) is 1. The van der Waals surface area contributed by atoms with Crippen LogP contribution in [0.3, 0.4) is 0 Å². The Bertz CT molecular complexity index is 432. The quantitative estimate of drug-likeness (QED) is 0.868. The molecule has 0 saturated carbocycles. The number of amides is 1. The van der Waals surface area contributed by atoms with Crippen LogP contribution in [0, 0.1) is 5.92 Å². The average molecular weight is 264 g/mol. The zero-order chi connectivity index (χ0) is 13.7. The van der Waals surface area contributed by atoms with Gasteiger partial charge in [-0.1, -0.05) is 6.92 Å². The third-order valence-electron chi connectivity index (χ3n) is 3.22. The van der Waals surface area contributed by atoms with Crippen LogP contribution in [0.15, 0.2) is 12.5 Å². The molecule has 1 aromatic rings. The minimum absolute atomic E-state index is 0.0721. The van der Waals surface area contributed by atoms with Gasteiger partial charge in [-0.3, -0.25) is 4.79 Å². The third-order valence-corrected chi connectivity index (χ3v) is 3.22. The molecule has 1 atom stereocenters. The van der Waals surface area contributed by atoms with Crippen LogP contribution >= 0.6 is 0 Å². The number of aromatic nitrogens is 2. The van der Waals surface area contributed by atoms with Crippen molar-refractivity contribution in [2.75, 3.05) is 37.0 Å². The van der Waals surface area contributed by atoms with E-state index in [4.69, 9.17) is 4.74 Å². The molecule has 1 saturated heterocycles. The average Bonchev–Trinajstić information content (AvgIpc) is 2.93. The first-order valence-electron chi connectivity index (χ1n) is 6.57. The fourth-order valence-corrected chi connectivity index (χ4v) is 2.17. The molecular weight excluding hydrogens is 244 g/mol. The lowest BCUT2D eigenvalue weighted by Gasteiger charge is -2.20. The fraction of sp³-hybridized carbons (Fsp3) is 0.615. The summed E-state index contributed by atoms with van der Waals surface area (Å²) < 4.78 is 4.99. The molecule has 1 amide bonds. The maximum absolute atomic E-state index is 12.0. The first-order chi connectivity index (χ1) is 9.22. The Hall–Kier alpha value is -1.69. The minimum atomic E-state index is -0.198. The lowest BCUT2D eigenvalue weighted by molar-refractivity contribution is -0.120. The van der Waals surface area contributed by atoms with Gasteiger partial charge in [0.2, 0.25) is 5.91 Å². The second-order valence-corrected chi connectivity index (χ2v) is 4.80. The summed E-state index contributed by atoms with van der Waals surface area (Å²) in [6.45, 7) is 4.19. The van der Waals surface area contributed by atoms with Gasteiger partial charge in [0.15, 0.2) is 5.82 Å². The highest BCUT2D eigenvalue weighted by Crippen LogP contribution is 2.25. The molecule has 104 valence electrons. The Balaban J connectivity index is 2.09. The summed E-state index contributed by atoms with van der Waals surface area (Å²) in [5.41, 5.74) is 0.678. The molecule has 1 aliphatic heterocycles. The molecule has 1 N–H and O–H groups in total. The van der Waals surface area contributed by atoms with Crippen molar-refractivity contribution < 1.29 is 9.53 Å². The Kier molecular flexibility index (Phi) is 4.68. The molecule has 0 radical (unpaired) electrons. The van der Waals surface area contributed by atoms with Crippen molar-refractivity contribution in [3.63, 3.8) is 0 Å². The maximum Gasteiger partial charge on any atom is 0.229 e. The molecule has 0 aliphatic carbocycles. The van der Waals surface area contributed by atoms with Crippen LogP contribution in [-0.2, 0) is 9.53 Å². The molecule has 2 heterocycles. The van der Waals surface area contributed by atoms with Crippen LogP contribution in [0.2, 0.25) is 0 Å². The van der Waals surface area contributed by atoms with Crippen molar-refractivity contribution in [2.24, 2.45) is 5.92 Å². The van der Waals surface area contributed by atoms with E-state index in [2.05, 4.69) is 20.2 Å². The molecule has 1 fully saturated rings. The number of carbonyl (C=O) groups is 1.